The van der Waals surface area contributed by atoms with Crippen molar-refractivity contribution in [1.29, 1.82) is 0 Å². The number of carbonyl (C=O) groups excluding carboxylic acids is 2. The van der Waals surface area contributed by atoms with Crippen LogP contribution >= 0.6 is 11.3 Å². The van der Waals surface area contributed by atoms with Crippen molar-refractivity contribution >= 4 is 29.4 Å². The van der Waals surface area contributed by atoms with Gasteiger partial charge in [-0.3, -0.25) is 9.36 Å². The van der Waals surface area contributed by atoms with Crippen LogP contribution in [0.3, 0.4) is 0 Å². The van der Waals surface area contributed by atoms with Gasteiger partial charge in [0.15, 0.2) is 4.80 Å². The van der Waals surface area contributed by atoms with E-state index in [1.807, 2.05) is 58.0 Å². The Balaban J connectivity index is 1.60. The van der Waals surface area contributed by atoms with Gasteiger partial charge in [0.05, 0.1) is 41.2 Å². The first kappa shape index (κ1) is 31.7. The molecule has 1 atom stereocenters. The van der Waals surface area contributed by atoms with Crippen LogP contribution < -0.4 is 19.6 Å². The second-order valence-electron chi connectivity index (χ2n) is 10.8. The standard InChI is InChI=1S/C35H36N2O7S/c1-7-11-26-30(34(40)42-8-2)31(25-12-9-10-13-27(25)41-6)37-32(38)29(45-35(37)36-26)19-23-15-17-28(44-23)24-16-14-22(18-21(24)5)33(39)43-20(3)4/h9-10,12-20,31H,7-8,11H2,1-6H3/b29-19+/t31-/m1/s1. The molecule has 1 aliphatic heterocycles. The molecule has 45 heavy (non-hydrogen) atoms. The fourth-order valence-corrected chi connectivity index (χ4v) is 6.36. The first-order chi connectivity index (χ1) is 21.7. The molecular formula is C35H36N2O7S. The van der Waals surface area contributed by atoms with Crippen molar-refractivity contribution in [2.24, 2.45) is 4.99 Å². The van der Waals surface area contributed by atoms with Crippen LogP contribution in [0.15, 0.2) is 80.1 Å². The molecule has 0 fully saturated rings. The van der Waals surface area contributed by atoms with Crippen LogP contribution in [0.1, 0.15) is 73.8 Å². The van der Waals surface area contributed by atoms with Gasteiger partial charge in [0, 0.05) is 17.2 Å². The molecule has 0 spiro atoms. The summed E-state index contributed by atoms with van der Waals surface area (Å²) in [5.74, 6) is 0.729. The zero-order chi connectivity index (χ0) is 32.2. The van der Waals surface area contributed by atoms with Crippen molar-refractivity contribution < 1.29 is 28.2 Å². The number of methoxy groups -OCH3 is 1. The number of thiazole rings is 1. The highest BCUT2D eigenvalue weighted by Gasteiger charge is 2.35. The normalized spacial score (nSPS) is 14.7. The van der Waals surface area contributed by atoms with Crippen LogP contribution in [-0.2, 0) is 14.3 Å². The quantitative estimate of drug-likeness (QED) is 0.207. The minimum absolute atomic E-state index is 0.190. The van der Waals surface area contributed by atoms with E-state index in [1.54, 1.807) is 48.9 Å². The van der Waals surface area contributed by atoms with Gasteiger partial charge in [-0.15, -0.1) is 0 Å². The summed E-state index contributed by atoms with van der Waals surface area (Å²) in [4.78, 5) is 45.1. The maximum atomic E-state index is 14.1. The van der Waals surface area contributed by atoms with Crippen LogP contribution in [-0.4, -0.2) is 36.3 Å². The largest absolute Gasteiger partial charge is 0.496 e. The molecule has 4 aromatic rings. The van der Waals surface area contributed by atoms with E-state index in [1.165, 1.54) is 11.3 Å². The molecule has 3 heterocycles. The third-order valence-electron chi connectivity index (χ3n) is 7.30. The summed E-state index contributed by atoms with van der Waals surface area (Å²) in [7, 11) is 1.56. The molecule has 0 radical (unpaired) electrons. The molecule has 0 N–H and O–H groups in total. The Morgan fingerprint density at radius 2 is 1.87 bits per heavy atom. The number of nitrogens with zero attached hydrogens (tertiary/aromatic N) is 2. The van der Waals surface area contributed by atoms with Gasteiger partial charge >= 0.3 is 11.9 Å². The van der Waals surface area contributed by atoms with E-state index in [0.717, 1.165) is 17.5 Å². The van der Waals surface area contributed by atoms with Crippen LogP contribution in [0.25, 0.3) is 17.4 Å². The molecule has 0 unspecified atom stereocenters. The number of fused-ring (bicyclic) bond motifs is 1. The molecule has 0 saturated heterocycles. The lowest BCUT2D eigenvalue weighted by Crippen LogP contribution is -2.40. The summed E-state index contributed by atoms with van der Waals surface area (Å²) in [5.41, 5.74) is 3.41. The van der Waals surface area contributed by atoms with Crippen molar-refractivity contribution in [3.05, 3.63) is 108 Å². The van der Waals surface area contributed by atoms with Gasteiger partial charge in [-0.1, -0.05) is 48.9 Å². The van der Waals surface area contributed by atoms with Gasteiger partial charge in [-0.25, -0.2) is 14.6 Å². The van der Waals surface area contributed by atoms with E-state index < -0.39 is 12.0 Å². The minimum atomic E-state index is -0.782. The van der Waals surface area contributed by atoms with Crippen molar-refractivity contribution in [3.63, 3.8) is 0 Å². The Labute approximate surface area is 265 Å². The third-order valence-corrected chi connectivity index (χ3v) is 8.28. The molecule has 0 amide bonds. The SMILES string of the molecule is CCCC1=C(C(=O)OCC)[C@@H](c2ccccc2OC)n2c(s/c(=C/c3ccc(-c4ccc(C(=O)OC(C)C)cc4C)o3)c2=O)=N1. The minimum Gasteiger partial charge on any atom is -0.496 e. The lowest BCUT2D eigenvalue weighted by atomic mass is 9.93. The highest BCUT2D eigenvalue weighted by Crippen LogP contribution is 2.37. The number of hydrogen-bond acceptors (Lipinski definition) is 9. The molecule has 0 aliphatic carbocycles. The van der Waals surface area contributed by atoms with Crippen molar-refractivity contribution in [1.82, 2.24) is 4.57 Å². The van der Waals surface area contributed by atoms with Crippen molar-refractivity contribution in [3.8, 4) is 17.1 Å². The van der Waals surface area contributed by atoms with Crippen molar-refractivity contribution in [2.45, 2.75) is 59.6 Å². The van der Waals surface area contributed by atoms with Gasteiger partial charge < -0.3 is 18.6 Å². The van der Waals surface area contributed by atoms with Gasteiger partial charge in [0.1, 0.15) is 23.3 Å². The summed E-state index contributed by atoms with van der Waals surface area (Å²) >= 11 is 1.23. The summed E-state index contributed by atoms with van der Waals surface area (Å²) in [6, 6.07) is 15.5. The van der Waals surface area contributed by atoms with Gasteiger partial charge in [-0.05, 0) is 70.0 Å². The fourth-order valence-electron chi connectivity index (χ4n) is 5.36. The molecule has 10 heteroatoms. The number of aryl methyl sites for hydroxylation is 1. The molecule has 234 valence electrons. The highest BCUT2D eigenvalue weighted by molar-refractivity contribution is 7.07. The maximum Gasteiger partial charge on any atom is 0.338 e. The number of aromatic nitrogens is 1. The van der Waals surface area contributed by atoms with Gasteiger partial charge in [0.2, 0.25) is 0 Å². The molecule has 0 bridgehead atoms. The number of benzene rings is 2. The maximum absolute atomic E-state index is 14.1. The number of para-hydroxylation sites is 1. The second-order valence-corrected chi connectivity index (χ2v) is 11.9. The molecular weight excluding hydrogens is 592 g/mol. The lowest BCUT2D eigenvalue weighted by Gasteiger charge is -2.26. The molecule has 2 aromatic heterocycles. The molecule has 0 saturated carbocycles. The zero-order valence-electron chi connectivity index (χ0n) is 26.2. The van der Waals surface area contributed by atoms with E-state index in [2.05, 4.69) is 0 Å². The smallest absolute Gasteiger partial charge is 0.338 e. The Morgan fingerprint density at radius 1 is 1.09 bits per heavy atom. The van der Waals surface area contributed by atoms with E-state index >= 15 is 0 Å². The summed E-state index contributed by atoms with van der Waals surface area (Å²) in [6.45, 7) is 9.47. The second kappa shape index (κ2) is 13.5. The number of carbonyl (C=O) groups is 2. The number of hydrogen-bond donors (Lipinski definition) is 0. The van der Waals surface area contributed by atoms with E-state index in [9.17, 15) is 14.4 Å². The van der Waals surface area contributed by atoms with E-state index in [0.29, 0.717) is 55.4 Å². The number of rotatable bonds is 10. The summed E-state index contributed by atoms with van der Waals surface area (Å²) in [5, 5.41) is 0. The Morgan fingerprint density at radius 3 is 2.56 bits per heavy atom. The zero-order valence-corrected chi connectivity index (χ0v) is 27.0. The lowest BCUT2D eigenvalue weighted by molar-refractivity contribution is -0.139. The molecule has 1 aliphatic rings. The van der Waals surface area contributed by atoms with Crippen LogP contribution in [0, 0.1) is 6.92 Å². The number of ether oxygens (including phenoxy) is 3. The Bertz CT molecular complexity index is 1960. The third kappa shape index (κ3) is 6.42. The average molecular weight is 629 g/mol. The van der Waals surface area contributed by atoms with Crippen molar-refractivity contribution in [2.75, 3.05) is 13.7 Å². The van der Waals surface area contributed by atoms with E-state index in [-0.39, 0.29) is 24.2 Å². The summed E-state index contributed by atoms with van der Waals surface area (Å²) < 4.78 is 24.6. The number of esters is 2. The monoisotopic (exact) mass is 628 g/mol. The average Bonchev–Trinajstić information content (AvgIpc) is 3.60. The molecule has 9 nitrogen and oxygen atoms in total. The molecule has 5 rings (SSSR count). The first-order valence-corrected chi connectivity index (χ1v) is 15.7. The Kier molecular flexibility index (Phi) is 9.53. The fraction of sp³-hybridized carbons (Fsp3) is 0.314. The first-order valence-electron chi connectivity index (χ1n) is 14.9. The van der Waals surface area contributed by atoms with Crippen LogP contribution in [0.5, 0.6) is 5.75 Å². The molecule has 2 aromatic carbocycles. The number of allylic oxidation sites excluding steroid dienone is 1. The predicted molar refractivity (Wildman–Crippen MR) is 172 cm³/mol. The van der Waals surface area contributed by atoms with Gasteiger partial charge in [-0.2, -0.15) is 0 Å². The topological polar surface area (TPSA) is 109 Å². The Hall–Kier alpha value is -4.70. The predicted octanol–water partition coefficient (Wildman–Crippen LogP) is 5.72. The highest BCUT2D eigenvalue weighted by atomic mass is 32.1. The van der Waals surface area contributed by atoms with Crippen LogP contribution in [0.2, 0.25) is 0 Å². The number of furan rings is 1. The van der Waals surface area contributed by atoms with E-state index in [4.69, 9.17) is 23.6 Å². The van der Waals surface area contributed by atoms with Gasteiger partial charge in [0.25, 0.3) is 5.56 Å². The summed E-state index contributed by atoms with van der Waals surface area (Å²) in [6.07, 6.45) is 2.77. The van der Waals surface area contributed by atoms with Crippen LogP contribution in [0.4, 0.5) is 0 Å².